The molecule has 138 valence electrons. The number of benzene rings is 1. The van der Waals surface area contributed by atoms with Crippen molar-refractivity contribution < 1.29 is 32.6 Å². The first-order valence-corrected chi connectivity index (χ1v) is 7.49. The molecule has 1 N–H and O–H groups in total. The van der Waals surface area contributed by atoms with Gasteiger partial charge >= 0.3 is 12.1 Å². The molecule has 3 rings (SSSR count). The number of nitrogens with zero attached hydrogens (tertiary/aromatic N) is 4. The van der Waals surface area contributed by atoms with Crippen LogP contribution < -0.4 is 4.74 Å². The summed E-state index contributed by atoms with van der Waals surface area (Å²) in [7, 11) is 0. The molecule has 0 radical (unpaired) electrons. The Hall–Kier alpha value is -3.11. The number of aromatic nitrogens is 3. The van der Waals surface area contributed by atoms with Crippen molar-refractivity contribution >= 4 is 11.9 Å². The predicted molar refractivity (Wildman–Crippen MR) is 79.3 cm³/mol. The van der Waals surface area contributed by atoms with Gasteiger partial charge in [0, 0.05) is 18.7 Å². The van der Waals surface area contributed by atoms with Crippen molar-refractivity contribution in [1.29, 1.82) is 0 Å². The summed E-state index contributed by atoms with van der Waals surface area (Å²) in [5.74, 6) is -2.40. The van der Waals surface area contributed by atoms with Crippen molar-refractivity contribution in [3.05, 3.63) is 41.5 Å². The molecule has 0 spiro atoms. The summed E-state index contributed by atoms with van der Waals surface area (Å²) in [6.07, 6.45) is -4.60. The minimum atomic E-state index is -4.60. The van der Waals surface area contributed by atoms with Gasteiger partial charge in [-0.2, -0.15) is 13.2 Å². The molecule has 11 heteroatoms. The summed E-state index contributed by atoms with van der Waals surface area (Å²) in [6.45, 7) is -0.669. The van der Waals surface area contributed by atoms with Gasteiger partial charge in [-0.25, -0.2) is 4.79 Å². The van der Waals surface area contributed by atoms with Crippen molar-refractivity contribution in [2.75, 3.05) is 13.2 Å². The summed E-state index contributed by atoms with van der Waals surface area (Å²) in [5.41, 5.74) is 0.233. The highest BCUT2D eigenvalue weighted by Gasteiger charge is 2.39. The number of carbonyl (C=O) groups excluding carboxylic acids is 1. The Balaban J connectivity index is 1.75. The van der Waals surface area contributed by atoms with E-state index < -0.39 is 30.5 Å². The third kappa shape index (κ3) is 3.60. The number of halogens is 3. The van der Waals surface area contributed by atoms with Gasteiger partial charge < -0.3 is 19.3 Å². The molecule has 0 bridgehead atoms. The zero-order valence-electron chi connectivity index (χ0n) is 13.2. The van der Waals surface area contributed by atoms with E-state index in [4.69, 9.17) is 9.84 Å². The number of ether oxygens (including phenoxy) is 1. The van der Waals surface area contributed by atoms with Crippen LogP contribution in [0, 0.1) is 0 Å². The lowest BCUT2D eigenvalue weighted by molar-refractivity contribution is -0.148. The van der Waals surface area contributed by atoms with E-state index in [1.165, 1.54) is 29.2 Å². The van der Waals surface area contributed by atoms with Gasteiger partial charge in [0.1, 0.15) is 5.75 Å². The lowest BCUT2D eigenvalue weighted by Crippen LogP contribution is -2.39. The number of carboxylic acids is 1. The number of alkyl halides is 3. The number of aliphatic carboxylic acids is 1. The maximum absolute atomic E-state index is 12.8. The normalized spacial score (nSPS) is 14.0. The Bertz CT molecular complexity index is 850. The van der Waals surface area contributed by atoms with Crippen LogP contribution in [0.5, 0.6) is 5.75 Å². The van der Waals surface area contributed by atoms with Crippen molar-refractivity contribution in [1.82, 2.24) is 19.7 Å². The van der Waals surface area contributed by atoms with Crippen molar-refractivity contribution in [2.45, 2.75) is 19.3 Å². The molecule has 8 nitrogen and oxygen atoms in total. The Kier molecular flexibility index (Phi) is 4.53. The van der Waals surface area contributed by atoms with Gasteiger partial charge in [-0.1, -0.05) is 6.07 Å². The minimum Gasteiger partial charge on any atom is -0.482 e. The number of carboxylic acid groups (broad SMARTS) is 1. The van der Waals surface area contributed by atoms with E-state index in [1.807, 2.05) is 0 Å². The quantitative estimate of drug-likeness (QED) is 0.874. The first kappa shape index (κ1) is 17.7. The second kappa shape index (κ2) is 6.65. The average molecular weight is 370 g/mol. The molecule has 1 aromatic heterocycles. The molecule has 0 fully saturated rings. The monoisotopic (exact) mass is 370 g/mol. The molecule has 0 unspecified atom stereocenters. The highest BCUT2D eigenvalue weighted by Crippen LogP contribution is 2.29. The van der Waals surface area contributed by atoms with Gasteiger partial charge in [0.15, 0.2) is 12.4 Å². The molecular weight excluding hydrogens is 357 g/mol. The van der Waals surface area contributed by atoms with Crippen molar-refractivity contribution in [2.24, 2.45) is 0 Å². The Morgan fingerprint density at radius 1 is 1.23 bits per heavy atom. The van der Waals surface area contributed by atoms with Crippen LogP contribution in [0.3, 0.4) is 0 Å². The van der Waals surface area contributed by atoms with Crippen LogP contribution in [-0.2, 0) is 24.1 Å². The average Bonchev–Trinajstić information content (AvgIpc) is 3.03. The van der Waals surface area contributed by atoms with Crippen LogP contribution in [0.15, 0.2) is 24.3 Å². The predicted octanol–water partition coefficient (Wildman–Crippen LogP) is 1.42. The van der Waals surface area contributed by atoms with E-state index in [1.54, 1.807) is 0 Å². The number of carbonyl (C=O) groups is 2. The topological polar surface area (TPSA) is 97.6 Å². The van der Waals surface area contributed by atoms with E-state index in [0.717, 1.165) is 4.57 Å². The second-order valence-electron chi connectivity index (χ2n) is 5.53. The Labute approximate surface area is 144 Å². The van der Waals surface area contributed by atoms with Gasteiger partial charge in [0.2, 0.25) is 5.82 Å². The zero-order chi connectivity index (χ0) is 18.9. The molecule has 1 aliphatic heterocycles. The molecule has 2 heterocycles. The van der Waals surface area contributed by atoms with Crippen molar-refractivity contribution in [3.8, 4) is 5.75 Å². The largest absolute Gasteiger partial charge is 0.482 e. The fourth-order valence-electron chi connectivity index (χ4n) is 2.59. The summed E-state index contributed by atoms with van der Waals surface area (Å²) in [5, 5.41) is 15.3. The fourth-order valence-corrected chi connectivity index (χ4v) is 2.59. The molecule has 1 aromatic carbocycles. The molecular formula is C15H13F3N4O4. The van der Waals surface area contributed by atoms with Crippen LogP contribution in [-0.4, -0.2) is 49.8 Å². The second-order valence-corrected chi connectivity index (χ2v) is 5.53. The van der Waals surface area contributed by atoms with E-state index in [-0.39, 0.29) is 36.8 Å². The van der Waals surface area contributed by atoms with Crippen LogP contribution in [0.25, 0.3) is 0 Å². The van der Waals surface area contributed by atoms with Gasteiger partial charge in [0.25, 0.3) is 5.91 Å². The molecule has 0 aliphatic carbocycles. The van der Waals surface area contributed by atoms with Crippen LogP contribution in [0.1, 0.15) is 22.0 Å². The van der Waals surface area contributed by atoms with Gasteiger partial charge in [-0.15, -0.1) is 10.2 Å². The summed E-state index contributed by atoms with van der Waals surface area (Å²) >= 11 is 0. The number of fused-ring (bicyclic) bond motifs is 1. The van der Waals surface area contributed by atoms with Crippen molar-refractivity contribution in [3.63, 3.8) is 0 Å². The fraction of sp³-hybridized carbons (Fsp3) is 0.333. The molecule has 26 heavy (non-hydrogen) atoms. The Morgan fingerprint density at radius 2 is 2.00 bits per heavy atom. The van der Waals surface area contributed by atoms with E-state index >= 15 is 0 Å². The third-order valence-electron chi connectivity index (χ3n) is 3.74. The van der Waals surface area contributed by atoms with Gasteiger partial charge in [-0.05, 0) is 18.2 Å². The first-order valence-electron chi connectivity index (χ1n) is 7.49. The minimum absolute atomic E-state index is 0.0511. The molecule has 0 atom stereocenters. The summed E-state index contributed by atoms with van der Waals surface area (Å²) in [4.78, 5) is 24.5. The maximum Gasteiger partial charge on any atom is 0.451 e. The summed E-state index contributed by atoms with van der Waals surface area (Å²) < 4.78 is 44.5. The molecule has 0 saturated carbocycles. The Morgan fingerprint density at radius 3 is 2.69 bits per heavy atom. The first-order chi connectivity index (χ1) is 12.3. The number of hydrogen-bond donors (Lipinski definition) is 1. The highest BCUT2D eigenvalue weighted by molar-refractivity contribution is 5.94. The standard InChI is InChI=1S/C15H13F3N4O4/c16-15(17,18)14-20-19-11-7-21(4-5-22(11)14)13(25)9-2-1-3-10(6-9)26-8-12(23)24/h1-3,6H,4-5,7-8H2,(H,23,24). The van der Waals surface area contributed by atoms with Gasteiger partial charge in [0.05, 0.1) is 6.54 Å². The lowest BCUT2D eigenvalue weighted by Gasteiger charge is -2.28. The lowest BCUT2D eigenvalue weighted by atomic mass is 10.1. The molecule has 0 saturated heterocycles. The van der Waals surface area contributed by atoms with Crippen LogP contribution >= 0.6 is 0 Å². The highest BCUT2D eigenvalue weighted by atomic mass is 19.4. The number of hydrogen-bond acceptors (Lipinski definition) is 5. The van der Waals surface area contributed by atoms with Crippen LogP contribution in [0.4, 0.5) is 13.2 Å². The van der Waals surface area contributed by atoms with Gasteiger partial charge in [-0.3, -0.25) is 4.79 Å². The third-order valence-corrected chi connectivity index (χ3v) is 3.74. The maximum atomic E-state index is 12.8. The molecule has 1 amide bonds. The molecule has 1 aliphatic rings. The zero-order valence-corrected chi connectivity index (χ0v) is 13.2. The van der Waals surface area contributed by atoms with E-state index in [2.05, 4.69) is 10.2 Å². The van der Waals surface area contributed by atoms with E-state index in [0.29, 0.717) is 0 Å². The molecule has 2 aromatic rings. The number of rotatable bonds is 4. The smallest absolute Gasteiger partial charge is 0.451 e. The number of amides is 1. The summed E-state index contributed by atoms with van der Waals surface area (Å²) in [6, 6.07) is 5.92. The SMILES string of the molecule is O=C(O)COc1cccc(C(=O)N2CCn3c(nnc3C(F)(F)F)C2)c1. The van der Waals surface area contributed by atoms with Crippen LogP contribution in [0.2, 0.25) is 0 Å². The van der Waals surface area contributed by atoms with E-state index in [9.17, 15) is 22.8 Å².